The predicted molar refractivity (Wildman–Crippen MR) is 87.5 cm³/mol. The summed E-state index contributed by atoms with van der Waals surface area (Å²) in [5.41, 5.74) is 1.53. The van der Waals surface area contributed by atoms with E-state index >= 15 is 0 Å². The summed E-state index contributed by atoms with van der Waals surface area (Å²) >= 11 is 0. The SMILES string of the molecule is CCN(CC)S(=O)(=O)N[C@@H](c1ccccc1)c1ccccn1. The van der Waals surface area contributed by atoms with Crippen LogP contribution >= 0.6 is 0 Å². The first-order valence-corrected chi connectivity index (χ1v) is 8.75. The molecule has 0 aliphatic heterocycles. The fourth-order valence-electron chi connectivity index (χ4n) is 2.28. The van der Waals surface area contributed by atoms with Crippen molar-refractivity contribution in [2.24, 2.45) is 0 Å². The third-order valence-corrected chi connectivity index (χ3v) is 5.16. The second kappa shape index (κ2) is 7.49. The number of rotatable bonds is 7. The molecule has 0 aliphatic rings. The lowest BCUT2D eigenvalue weighted by atomic mass is 10.0. The number of hydrogen-bond donors (Lipinski definition) is 1. The molecule has 2 rings (SSSR count). The van der Waals surface area contributed by atoms with E-state index < -0.39 is 16.3 Å². The van der Waals surface area contributed by atoms with Crippen molar-refractivity contribution in [2.75, 3.05) is 13.1 Å². The minimum atomic E-state index is -3.57. The van der Waals surface area contributed by atoms with E-state index in [1.165, 1.54) is 4.31 Å². The summed E-state index contributed by atoms with van der Waals surface area (Å²) in [6.45, 7) is 4.49. The van der Waals surface area contributed by atoms with E-state index in [0.29, 0.717) is 18.8 Å². The standard InChI is InChI=1S/C16H21N3O2S/c1-3-19(4-2)22(20,21)18-16(14-10-6-5-7-11-14)15-12-8-9-13-17-15/h5-13,16,18H,3-4H2,1-2H3/t16-/m0/s1. The van der Waals surface area contributed by atoms with Crippen LogP contribution in [0.4, 0.5) is 0 Å². The topological polar surface area (TPSA) is 62.3 Å². The fourth-order valence-corrected chi connectivity index (χ4v) is 3.66. The van der Waals surface area contributed by atoms with Gasteiger partial charge in [0.15, 0.2) is 0 Å². The van der Waals surface area contributed by atoms with Crippen LogP contribution < -0.4 is 4.72 Å². The van der Waals surface area contributed by atoms with Crippen molar-refractivity contribution in [1.29, 1.82) is 0 Å². The summed E-state index contributed by atoms with van der Waals surface area (Å²) in [6.07, 6.45) is 1.66. The molecule has 1 aromatic heterocycles. The molecular formula is C16H21N3O2S. The van der Waals surface area contributed by atoms with Crippen molar-refractivity contribution < 1.29 is 8.42 Å². The molecule has 0 fully saturated rings. The first kappa shape index (κ1) is 16.6. The van der Waals surface area contributed by atoms with Gasteiger partial charge in [-0.15, -0.1) is 0 Å². The second-order valence-electron chi connectivity index (χ2n) is 4.81. The Morgan fingerprint density at radius 2 is 1.68 bits per heavy atom. The number of hydrogen-bond acceptors (Lipinski definition) is 3. The predicted octanol–water partition coefficient (Wildman–Crippen LogP) is 2.35. The summed E-state index contributed by atoms with van der Waals surface area (Å²) in [5, 5.41) is 0. The minimum Gasteiger partial charge on any atom is -0.259 e. The first-order chi connectivity index (χ1) is 10.6. The van der Waals surface area contributed by atoms with E-state index in [2.05, 4.69) is 9.71 Å². The number of nitrogens with zero attached hydrogens (tertiary/aromatic N) is 2. The molecule has 0 bridgehead atoms. The quantitative estimate of drug-likeness (QED) is 0.852. The van der Waals surface area contributed by atoms with E-state index in [-0.39, 0.29) is 0 Å². The maximum absolute atomic E-state index is 12.5. The molecule has 0 radical (unpaired) electrons. The van der Waals surface area contributed by atoms with Gasteiger partial charge < -0.3 is 0 Å². The third-order valence-electron chi connectivity index (χ3n) is 3.43. The summed E-state index contributed by atoms with van der Waals surface area (Å²) in [4.78, 5) is 4.31. The van der Waals surface area contributed by atoms with Crippen LogP contribution in [0, 0.1) is 0 Å². The maximum atomic E-state index is 12.5. The van der Waals surface area contributed by atoms with Crippen LogP contribution in [-0.4, -0.2) is 30.8 Å². The highest BCUT2D eigenvalue weighted by Crippen LogP contribution is 2.21. The van der Waals surface area contributed by atoms with Crippen LogP contribution in [0.5, 0.6) is 0 Å². The molecule has 0 aliphatic carbocycles. The van der Waals surface area contributed by atoms with Crippen LogP contribution in [0.25, 0.3) is 0 Å². The summed E-state index contributed by atoms with van der Waals surface area (Å²) < 4.78 is 29.2. The van der Waals surface area contributed by atoms with Gasteiger partial charge in [0.2, 0.25) is 0 Å². The van der Waals surface area contributed by atoms with Gasteiger partial charge in [-0.2, -0.15) is 17.4 Å². The lowest BCUT2D eigenvalue weighted by Crippen LogP contribution is -2.42. The summed E-state index contributed by atoms with van der Waals surface area (Å²) in [6, 6.07) is 14.4. The lowest BCUT2D eigenvalue weighted by molar-refractivity contribution is 0.430. The monoisotopic (exact) mass is 319 g/mol. The molecule has 5 nitrogen and oxygen atoms in total. The Morgan fingerprint density at radius 1 is 1.05 bits per heavy atom. The molecule has 1 aromatic carbocycles. The molecule has 1 N–H and O–H groups in total. The third kappa shape index (κ3) is 3.91. The van der Waals surface area contributed by atoms with Gasteiger partial charge in [0, 0.05) is 19.3 Å². The van der Waals surface area contributed by atoms with Crippen molar-refractivity contribution in [3.63, 3.8) is 0 Å². The zero-order valence-corrected chi connectivity index (χ0v) is 13.6. The highest BCUT2D eigenvalue weighted by Gasteiger charge is 2.25. The molecule has 22 heavy (non-hydrogen) atoms. The number of pyridine rings is 1. The van der Waals surface area contributed by atoms with E-state index in [0.717, 1.165) is 5.56 Å². The van der Waals surface area contributed by atoms with Gasteiger partial charge in [-0.3, -0.25) is 4.98 Å². The Bertz CT molecular complexity index is 632. The Morgan fingerprint density at radius 3 is 2.23 bits per heavy atom. The van der Waals surface area contributed by atoms with Crippen LogP contribution in [0.2, 0.25) is 0 Å². The molecular weight excluding hydrogens is 298 g/mol. The van der Waals surface area contributed by atoms with Crippen molar-refractivity contribution >= 4 is 10.2 Å². The molecule has 118 valence electrons. The average molecular weight is 319 g/mol. The lowest BCUT2D eigenvalue weighted by Gasteiger charge is -2.24. The fraction of sp³-hybridized carbons (Fsp3) is 0.312. The Balaban J connectivity index is 2.39. The van der Waals surface area contributed by atoms with Gasteiger partial charge in [-0.1, -0.05) is 50.2 Å². The van der Waals surface area contributed by atoms with Crippen molar-refractivity contribution in [1.82, 2.24) is 14.0 Å². The van der Waals surface area contributed by atoms with Gasteiger partial charge >= 0.3 is 0 Å². The van der Waals surface area contributed by atoms with E-state index in [9.17, 15) is 8.42 Å². The molecule has 0 amide bonds. The molecule has 0 saturated carbocycles. The van der Waals surface area contributed by atoms with Gasteiger partial charge in [-0.05, 0) is 17.7 Å². The normalized spacial score (nSPS) is 13.2. The van der Waals surface area contributed by atoms with Crippen LogP contribution in [0.15, 0.2) is 54.7 Å². The molecule has 0 spiro atoms. The molecule has 0 saturated heterocycles. The van der Waals surface area contributed by atoms with Crippen molar-refractivity contribution in [2.45, 2.75) is 19.9 Å². The maximum Gasteiger partial charge on any atom is 0.280 e. The summed E-state index contributed by atoms with van der Waals surface area (Å²) in [7, 11) is -3.57. The van der Waals surface area contributed by atoms with Gasteiger partial charge in [0.1, 0.15) is 0 Å². The van der Waals surface area contributed by atoms with Crippen LogP contribution in [0.3, 0.4) is 0 Å². The van der Waals surface area contributed by atoms with Crippen LogP contribution in [0.1, 0.15) is 31.1 Å². The smallest absolute Gasteiger partial charge is 0.259 e. The van der Waals surface area contributed by atoms with Crippen molar-refractivity contribution in [3.05, 3.63) is 66.0 Å². The number of aromatic nitrogens is 1. The summed E-state index contributed by atoms with van der Waals surface area (Å²) in [5.74, 6) is 0. The minimum absolute atomic E-state index is 0.426. The molecule has 0 unspecified atom stereocenters. The largest absolute Gasteiger partial charge is 0.280 e. The Hall–Kier alpha value is -1.76. The Labute approximate surface area is 132 Å². The van der Waals surface area contributed by atoms with E-state index in [1.54, 1.807) is 6.20 Å². The van der Waals surface area contributed by atoms with Gasteiger partial charge in [0.05, 0.1) is 11.7 Å². The zero-order valence-electron chi connectivity index (χ0n) is 12.8. The first-order valence-electron chi connectivity index (χ1n) is 7.31. The average Bonchev–Trinajstić information content (AvgIpc) is 2.55. The van der Waals surface area contributed by atoms with Gasteiger partial charge in [0.25, 0.3) is 10.2 Å². The molecule has 6 heteroatoms. The van der Waals surface area contributed by atoms with E-state index in [4.69, 9.17) is 0 Å². The van der Waals surface area contributed by atoms with Crippen molar-refractivity contribution in [3.8, 4) is 0 Å². The molecule has 1 heterocycles. The Kier molecular flexibility index (Phi) is 5.65. The second-order valence-corrected chi connectivity index (χ2v) is 6.51. The molecule has 2 aromatic rings. The number of benzene rings is 1. The van der Waals surface area contributed by atoms with Crippen LogP contribution in [-0.2, 0) is 10.2 Å². The van der Waals surface area contributed by atoms with Gasteiger partial charge in [-0.25, -0.2) is 0 Å². The van der Waals surface area contributed by atoms with E-state index in [1.807, 2.05) is 62.4 Å². The molecule has 1 atom stereocenters. The highest BCUT2D eigenvalue weighted by molar-refractivity contribution is 7.87. The highest BCUT2D eigenvalue weighted by atomic mass is 32.2. The number of nitrogens with one attached hydrogen (secondary N) is 1. The zero-order chi connectivity index (χ0) is 16.0.